The molecule has 0 aliphatic heterocycles. The number of aromatic nitrogens is 2. The molecule has 0 fully saturated rings. The van der Waals surface area contributed by atoms with E-state index < -0.39 is 17.5 Å². The second-order valence-corrected chi connectivity index (χ2v) is 7.97. The molecule has 0 bridgehead atoms. The highest BCUT2D eigenvalue weighted by Crippen LogP contribution is 2.31. The first-order valence-corrected chi connectivity index (χ1v) is 10.7. The van der Waals surface area contributed by atoms with E-state index in [-0.39, 0.29) is 12.1 Å². The van der Waals surface area contributed by atoms with Crippen molar-refractivity contribution >= 4 is 39.9 Å². The van der Waals surface area contributed by atoms with Crippen LogP contribution in [0.25, 0.3) is 10.9 Å². The zero-order valence-electron chi connectivity index (χ0n) is 18.7. The maximum Gasteiger partial charge on any atom is 0.296 e. The molecule has 4 rings (SSSR count). The van der Waals surface area contributed by atoms with Crippen LogP contribution in [0.3, 0.4) is 0 Å². The number of fused-ring (bicyclic) bond motifs is 1. The number of nitrogens with zero attached hydrogens (tertiary/aromatic N) is 2. The number of rotatable bonds is 7. The minimum absolute atomic E-state index is 0.147. The lowest BCUT2D eigenvalue weighted by molar-refractivity contribution is -0.112. The molecule has 2 aromatic carbocycles. The number of ether oxygens (including phenoxy) is 2. The van der Waals surface area contributed by atoms with Gasteiger partial charge in [0.2, 0.25) is 5.88 Å². The Labute approximate surface area is 200 Å². The van der Waals surface area contributed by atoms with Gasteiger partial charge in [0.1, 0.15) is 11.6 Å². The van der Waals surface area contributed by atoms with Crippen LogP contribution in [0.2, 0.25) is 5.02 Å². The van der Waals surface area contributed by atoms with Crippen molar-refractivity contribution in [3.05, 3.63) is 82.4 Å². The van der Waals surface area contributed by atoms with Crippen molar-refractivity contribution in [1.82, 2.24) is 9.55 Å². The SMILES string of the molecule is COc1ccc2c(c1)c(C(=O)C(=O)Nc1ccnc(OC)c1)c(C)n2Cc1ccc(Cl)cc1F. The van der Waals surface area contributed by atoms with Gasteiger partial charge in [-0.2, -0.15) is 0 Å². The molecule has 0 radical (unpaired) electrons. The van der Waals surface area contributed by atoms with Crippen molar-refractivity contribution < 1.29 is 23.5 Å². The number of benzene rings is 2. The summed E-state index contributed by atoms with van der Waals surface area (Å²) in [7, 11) is 2.97. The van der Waals surface area contributed by atoms with E-state index in [1.165, 1.54) is 32.5 Å². The number of methoxy groups -OCH3 is 2. The molecule has 2 aromatic heterocycles. The molecule has 34 heavy (non-hydrogen) atoms. The average molecular weight is 482 g/mol. The summed E-state index contributed by atoms with van der Waals surface area (Å²) < 4.78 is 26.7. The van der Waals surface area contributed by atoms with Gasteiger partial charge in [0, 0.05) is 45.1 Å². The Morgan fingerprint density at radius 2 is 1.88 bits per heavy atom. The van der Waals surface area contributed by atoms with Crippen LogP contribution < -0.4 is 14.8 Å². The lowest BCUT2D eigenvalue weighted by atomic mass is 10.1. The van der Waals surface area contributed by atoms with Gasteiger partial charge < -0.3 is 19.4 Å². The Morgan fingerprint density at radius 1 is 1.09 bits per heavy atom. The number of carbonyl (C=O) groups excluding carboxylic acids is 2. The Balaban J connectivity index is 1.77. The van der Waals surface area contributed by atoms with E-state index in [0.29, 0.717) is 44.5 Å². The number of carbonyl (C=O) groups is 2. The van der Waals surface area contributed by atoms with Gasteiger partial charge in [-0.25, -0.2) is 9.37 Å². The van der Waals surface area contributed by atoms with Gasteiger partial charge in [-0.1, -0.05) is 17.7 Å². The van der Waals surface area contributed by atoms with E-state index in [4.69, 9.17) is 21.1 Å². The molecule has 2 heterocycles. The van der Waals surface area contributed by atoms with Gasteiger partial charge in [-0.05, 0) is 43.3 Å². The molecule has 0 aliphatic carbocycles. The average Bonchev–Trinajstić information content (AvgIpc) is 3.10. The van der Waals surface area contributed by atoms with Gasteiger partial charge in [0.25, 0.3) is 11.7 Å². The van der Waals surface area contributed by atoms with E-state index in [2.05, 4.69) is 10.3 Å². The molecule has 1 amide bonds. The Bertz CT molecular complexity index is 1420. The highest BCUT2D eigenvalue weighted by molar-refractivity contribution is 6.48. The standard InChI is InChI=1S/C25H21ClFN3O4/c1-14-23(24(31)25(32)29-17-8-9-28-22(11-17)34-3)19-12-18(33-2)6-7-21(19)30(14)13-15-4-5-16(26)10-20(15)27/h4-12H,13H2,1-3H3,(H,28,29,32). The summed E-state index contributed by atoms with van der Waals surface area (Å²) in [5.74, 6) is -1.19. The van der Waals surface area contributed by atoms with Crippen LogP contribution in [0.4, 0.5) is 10.1 Å². The van der Waals surface area contributed by atoms with Crippen LogP contribution in [-0.4, -0.2) is 35.5 Å². The first-order valence-electron chi connectivity index (χ1n) is 10.3. The highest BCUT2D eigenvalue weighted by atomic mass is 35.5. The Hall–Kier alpha value is -3.91. The number of anilines is 1. The molecule has 0 aliphatic rings. The monoisotopic (exact) mass is 481 g/mol. The first-order chi connectivity index (χ1) is 16.3. The number of halogens is 2. The summed E-state index contributed by atoms with van der Waals surface area (Å²) >= 11 is 5.88. The molecule has 9 heteroatoms. The third kappa shape index (κ3) is 4.45. The minimum atomic E-state index is -0.823. The third-order valence-corrected chi connectivity index (χ3v) is 5.74. The molecular weight excluding hydrogens is 461 g/mol. The lowest BCUT2D eigenvalue weighted by Crippen LogP contribution is -2.23. The van der Waals surface area contributed by atoms with Crippen molar-refractivity contribution in [2.75, 3.05) is 19.5 Å². The van der Waals surface area contributed by atoms with E-state index in [1.54, 1.807) is 47.9 Å². The number of hydrogen-bond acceptors (Lipinski definition) is 5. The Kier molecular flexibility index (Phi) is 6.51. The normalized spacial score (nSPS) is 10.9. The van der Waals surface area contributed by atoms with Crippen LogP contribution in [0.1, 0.15) is 21.6 Å². The lowest BCUT2D eigenvalue weighted by Gasteiger charge is -2.10. The summed E-state index contributed by atoms with van der Waals surface area (Å²) in [5, 5.41) is 3.40. The van der Waals surface area contributed by atoms with Crippen LogP contribution in [-0.2, 0) is 11.3 Å². The van der Waals surface area contributed by atoms with Gasteiger partial charge >= 0.3 is 0 Å². The summed E-state index contributed by atoms with van der Waals surface area (Å²) in [6.45, 7) is 1.87. The van der Waals surface area contributed by atoms with E-state index in [0.717, 1.165) is 0 Å². The van der Waals surface area contributed by atoms with E-state index >= 15 is 0 Å². The third-order valence-electron chi connectivity index (χ3n) is 5.51. The summed E-state index contributed by atoms with van der Waals surface area (Å²) in [6, 6.07) is 12.7. The fourth-order valence-corrected chi connectivity index (χ4v) is 3.96. The quantitative estimate of drug-likeness (QED) is 0.296. The number of Topliss-reactive ketones (excluding diaryl/α,β-unsaturated/α-hetero) is 1. The smallest absolute Gasteiger partial charge is 0.296 e. The molecule has 7 nitrogen and oxygen atoms in total. The molecule has 0 spiro atoms. The highest BCUT2D eigenvalue weighted by Gasteiger charge is 2.26. The number of pyridine rings is 1. The number of ketones is 1. The Morgan fingerprint density at radius 3 is 2.59 bits per heavy atom. The van der Waals surface area contributed by atoms with Crippen molar-refractivity contribution in [2.45, 2.75) is 13.5 Å². The van der Waals surface area contributed by atoms with Gasteiger partial charge in [0.05, 0.1) is 26.3 Å². The minimum Gasteiger partial charge on any atom is -0.497 e. The predicted molar refractivity (Wildman–Crippen MR) is 127 cm³/mol. The molecule has 4 aromatic rings. The maximum absolute atomic E-state index is 14.5. The van der Waals surface area contributed by atoms with Crippen molar-refractivity contribution in [2.24, 2.45) is 0 Å². The second-order valence-electron chi connectivity index (χ2n) is 7.54. The van der Waals surface area contributed by atoms with E-state index in [9.17, 15) is 14.0 Å². The number of hydrogen-bond donors (Lipinski definition) is 1. The van der Waals surface area contributed by atoms with Gasteiger partial charge in [0.15, 0.2) is 0 Å². The molecular formula is C25H21ClFN3O4. The van der Waals surface area contributed by atoms with Crippen LogP contribution in [0.15, 0.2) is 54.7 Å². The first kappa shape index (κ1) is 23.3. The van der Waals surface area contributed by atoms with Crippen LogP contribution >= 0.6 is 11.6 Å². The second kappa shape index (κ2) is 9.52. The zero-order chi connectivity index (χ0) is 24.4. The van der Waals surface area contributed by atoms with Crippen LogP contribution in [0.5, 0.6) is 11.6 Å². The molecule has 0 saturated heterocycles. The maximum atomic E-state index is 14.5. The molecule has 174 valence electrons. The van der Waals surface area contributed by atoms with Crippen molar-refractivity contribution in [1.29, 1.82) is 0 Å². The van der Waals surface area contributed by atoms with Crippen molar-refractivity contribution in [3.8, 4) is 11.6 Å². The topological polar surface area (TPSA) is 82.5 Å². The fourth-order valence-electron chi connectivity index (χ4n) is 3.80. The summed E-state index contributed by atoms with van der Waals surface area (Å²) in [6.07, 6.45) is 1.46. The van der Waals surface area contributed by atoms with Crippen molar-refractivity contribution in [3.63, 3.8) is 0 Å². The summed E-state index contributed by atoms with van der Waals surface area (Å²) in [4.78, 5) is 30.2. The number of nitrogens with one attached hydrogen (secondary N) is 1. The largest absolute Gasteiger partial charge is 0.497 e. The molecule has 0 saturated carbocycles. The predicted octanol–water partition coefficient (Wildman–Crippen LogP) is 5.02. The molecule has 1 N–H and O–H groups in total. The summed E-state index contributed by atoms with van der Waals surface area (Å²) in [5.41, 5.74) is 2.15. The van der Waals surface area contributed by atoms with Crippen LogP contribution in [0, 0.1) is 12.7 Å². The number of amides is 1. The fraction of sp³-hybridized carbons (Fsp3) is 0.160. The molecule has 0 atom stereocenters. The zero-order valence-corrected chi connectivity index (χ0v) is 19.4. The van der Waals surface area contributed by atoms with E-state index in [1.807, 2.05) is 0 Å². The molecule has 0 unspecified atom stereocenters. The van der Waals surface area contributed by atoms with Gasteiger partial charge in [-0.3, -0.25) is 9.59 Å². The van der Waals surface area contributed by atoms with Gasteiger partial charge in [-0.15, -0.1) is 0 Å².